The highest BCUT2D eigenvalue weighted by atomic mass is 19.4. The molecule has 3 aromatic carbocycles. The lowest BCUT2D eigenvalue weighted by Crippen LogP contribution is -2.16. The van der Waals surface area contributed by atoms with Crippen molar-refractivity contribution in [2.45, 2.75) is 24.7 Å². The van der Waals surface area contributed by atoms with Crippen LogP contribution in [0.3, 0.4) is 0 Å². The van der Waals surface area contributed by atoms with E-state index in [9.17, 15) is 52.7 Å². The van der Waals surface area contributed by atoms with Gasteiger partial charge < -0.3 is 0 Å². The highest BCUT2D eigenvalue weighted by Gasteiger charge is 2.43. The summed E-state index contributed by atoms with van der Waals surface area (Å²) in [6.07, 6.45) is -21.0. The molecule has 0 amide bonds. The Labute approximate surface area is 183 Å². The maximum Gasteiger partial charge on any atom is 0.417 e. The van der Waals surface area contributed by atoms with Crippen molar-refractivity contribution in [3.63, 3.8) is 0 Å². The van der Waals surface area contributed by atoms with Gasteiger partial charge in [0.2, 0.25) is 0 Å². The SMILES string of the molecule is FC(F)(F)c1ccc(-c2cccc(-c3ccc(C(F)(F)F)c(C(F)(F)F)c3)c2)c(C(F)(F)F)c1. The van der Waals surface area contributed by atoms with E-state index in [0.717, 1.165) is 24.3 Å². The fourth-order valence-corrected chi connectivity index (χ4v) is 3.28. The molecule has 0 aliphatic heterocycles. The van der Waals surface area contributed by atoms with Gasteiger partial charge in [-0.15, -0.1) is 0 Å². The molecule has 0 bridgehead atoms. The predicted molar refractivity (Wildman–Crippen MR) is 97.3 cm³/mol. The Morgan fingerprint density at radius 1 is 0.382 bits per heavy atom. The van der Waals surface area contributed by atoms with Gasteiger partial charge in [-0.25, -0.2) is 0 Å². The molecule has 0 N–H and O–H groups in total. The first-order chi connectivity index (χ1) is 15.4. The summed E-state index contributed by atoms with van der Waals surface area (Å²) in [6.45, 7) is 0. The molecule has 0 atom stereocenters. The molecule has 0 spiro atoms. The lowest BCUT2D eigenvalue weighted by Gasteiger charge is -2.18. The highest BCUT2D eigenvalue weighted by Crippen LogP contribution is 2.44. The molecule has 0 aliphatic rings. The van der Waals surface area contributed by atoms with Crippen molar-refractivity contribution < 1.29 is 52.7 Å². The van der Waals surface area contributed by atoms with Crippen LogP contribution in [0.4, 0.5) is 52.7 Å². The standard InChI is InChI=1S/C22H10F12/c23-19(24,25)14-5-6-15(17(10-14)21(29,30)31)13-3-1-2-11(8-13)12-4-7-16(20(26,27)28)18(9-12)22(32,33)34/h1-10H. The first-order valence-electron chi connectivity index (χ1n) is 9.07. The zero-order valence-electron chi connectivity index (χ0n) is 16.3. The smallest absolute Gasteiger partial charge is 0.166 e. The summed E-state index contributed by atoms with van der Waals surface area (Å²) in [5.74, 6) is 0. The van der Waals surface area contributed by atoms with Crippen LogP contribution in [0, 0.1) is 0 Å². The van der Waals surface area contributed by atoms with Gasteiger partial charge in [0.05, 0.1) is 22.3 Å². The number of benzene rings is 3. The number of halogens is 12. The molecule has 3 aromatic rings. The maximum atomic E-state index is 13.5. The Bertz CT molecular complexity index is 1190. The minimum absolute atomic E-state index is 0.0953. The number of rotatable bonds is 2. The van der Waals surface area contributed by atoms with Gasteiger partial charge in [-0.3, -0.25) is 0 Å². The third kappa shape index (κ3) is 5.31. The van der Waals surface area contributed by atoms with Crippen LogP contribution < -0.4 is 0 Å². The summed E-state index contributed by atoms with van der Waals surface area (Å²) in [5.41, 5.74) is -8.68. The largest absolute Gasteiger partial charge is 0.417 e. The molecule has 182 valence electrons. The Balaban J connectivity index is 2.18. The van der Waals surface area contributed by atoms with E-state index < -0.39 is 52.5 Å². The van der Waals surface area contributed by atoms with Gasteiger partial charge in [0.25, 0.3) is 0 Å². The van der Waals surface area contributed by atoms with Gasteiger partial charge in [-0.2, -0.15) is 52.7 Å². The van der Waals surface area contributed by atoms with Crippen LogP contribution in [0.15, 0.2) is 60.7 Å². The van der Waals surface area contributed by atoms with Crippen LogP contribution in [-0.2, 0) is 24.7 Å². The van der Waals surface area contributed by atoms with Gasteiger partial charge >= 0.3 is 24.7 Å². The molecule has 0 nitrogen and oxygen atoms in total. The van der Waals surface area contributed by atoms with Crippen molar-refractivity contribution in [3.8, 4) is 22.3 Å². The Morgan fingerprint density at radius 2 is 0.912 bits per heavy atom. The summed E-state index contributed by atoms with van der Waals surface area (Å²) >= 11 is 0. The van der Waals surface area contributed by atoms with E-state index in [1.807, 2.05) is 0 Å². The lowest BCUT2D eigenvalue weighted by molar-refractivity contribution is -0.162. The fraction of sp³-hybridized carbons (Fsp3) is 0.182. The minimum atomic E-state index is -5.38. The van der Waals surface area contributed by atoms with Crippen molar-refractivity contribution >= 4 is 0 Å². The molecule has 12 heteroatoms. The van der Waals surface area contributed by atoms with E-state index in [-0.39, 0.29) is 34.9 Å². The minimum Gasteiger partial charge on any atom is -0.166 e. The molecule has 0 aliphatic carbocycles. The van der Waals surface area contributed by atoms with E-state index in [0.29, 0.717) is 18.2 Å². The van der Waals surface area contributed by atoms with Crippen LogP contribution in [0.5, 0.6) is 0 Å². The summed E-state index contributed by atoms with van der Waals surface area (Å²) in [6, 6.07) is 6.30. The first-order valence-corrected chi connectivity index (χ1v) is 9.07. The molecule has 0 saturated heterocycles. The van der Waals surface area contributed by atoms with Crippen molar-refractivity contribution in [2.24, 2.45) is 0 Å². The molecular formula is C22H10F12. The van der Waals surface area contributed by atoms with Gasteiger partial charge in [0.15, 0.2) is 0 Å². The quantitative estimate of drug-likeness (QED) is 0.307. The Morgan fingerprint density at radius 3 is 1.44 bits per heavy atom. The van der Waals surface area contributed by atoms with E-state index in [2.05, 4.69) is 0 Å². The molecule has 0 fully saturated rings. The second-order valence-corrected chi connectivity index (χ2v) is 7.09. The molecule has 0 heterocycles. The predicted octanol–water partition coefficient (Wildman–Crippen LogP) is 9.10. The molecule has 0 aromatic heterocycles. The summed E-state index contributed by atoms with van der Waals surface area (Å²) in [7, 11) is 0. The number of hydrogen-bond acceptors (Lipinski definition) is 0. The third-order valence-corrected chi connectivity index (χ3v) is 4.79. The molecule has 0 radical (unpaired) electrons. The van der Waals surface area contributed by atoms with E-state index >= 15 is 0 Å². The summed E-state index contributed by atoms with van der Waals surface area (Å²) < 4.78 is 158. The van der Waals surface area contributed by atoms with Gasteiger partial charge in [-0.05, 0) is 52.6 Å². The maximum absolute atomic E-state index is 13.5. The Hall–Kier alpha value is -3.18. The van der Waals surface area contributed by atoms with Crippen LogP contribution in [-0.4, -0.2) is 0 Å². The molecule has 0 unspecified atom stereocenters. The van der Waals surface area contributed by atoms with Crippen LogP contribution in [0.2, 0.25) is 0 Å². The number of alkyl halides is 12. The van der Waals surface area contributed by atoms with E-state index in [1.54, 1.807) is 0 Å². The third-order valence-electron chi connectivity index (χ3n) is 4.79. The average Bonchev–Trinajstić information content (AvgIpc) is 2.70. The Kier molecular flexibility index (Phi) is 6.17. The van der Waals surface area contributed by atoms with Crippen molar-refractivity contribution in [1.82, 2.24) is 0 Å². The first kappa shape index (κ1) is 25.4. The van der Waals surface area contributed by atoms with Gasteiger partial charge in [-0.1, -0.05) is 30.3 Å². The lowest BCUT2D eigenvalue weighted by atomic mass is 9.93. The second kappa shape index (κ2) is 8.24. The van der Waals surface area contributed by atoms with E-state index in [1.165, 1.54) is 0 Å². The summed E-state index contributed by atoms with van der Waals surface area (Å²) in [5, 5.41) is 0. The van der Waals surface area contributed by atoms with Crippen LogP contribution in [0.1, 0.15) is 22.3 Å². The average molecular weight is 502 g/mol. The second-order valence-electron chi connectivity index (χ2n) is 7.09. The zero-order chi connectivity index (χ0) is 25.7. The number of hydrogen-bond donors (Lipinski definition) is 0. The topological polar surface area (TPSA) is 0 Å². The molecule has 3 rings (SSSR count). The van der Waals surface area contributed by atoms with Crippen LogP contribution >= 0.6 is 0 Å². The van der Waals surface area contributed by atoms with E-state index in [4.69, 9.17) is 0 Å². The van der Waals surface area contributed by atoms with Crippen LogP contribution in [0.25, 0.3) is 22.3 Å². The molecule has 0 saturated carbocycles. The normalized spacial score (nSPS) is 13.3. The summed E-state index contributed by atoms with van der Waals surface area (Å²) in [4.78, 5) is 0. The van der Waals surface area contributed by atoms with Crippen molar-refractivity contribution in [3.05, 3.63) is 82.9 Å². The monoisotopic (exact) mass is 502 g/mol. The molecular weight excluding hydrogens is 492 g/mol. The zero-order valence-corrected chi connectivity index (χ0v) is 16.3. The van der Waals surface area contributed by atoms with Gasteiger partial charge in [0, 0.05) is 0 Å². The van der Waals surface area contributed by atoms with Crippen molar-refractivity contribution in [1.29, 1.82) is 0 Å². The fourth-order valence-electron chi connectivity index (χ4n) is 3.28. The van der Waals surface area contributed by atoms with Gasteiger partial charge in [0.1, 0.15) is 0 Å². The highest BCUT2D eigenvalue weighted by molar-refractivity contribution is 5.76. The molecule has 34 heavy (non-hydrogen) atoms. The van der Waals surface area contributed by atoms with Crippen molar-refractivity contribution in [2.75, 3.05) is 0 Å².